The highest BCUT2D eigenvalue weighted by molar-refractivity contribution is 9.10. The molecule has 4 heteroatoms. The largest absolute Gasteiger partial charge is 0.508 e. The van der Waals surface area contributed by atoms with E-state index >= 15 is 0 Å². The zero-order valence-electron chi connectivity index (χ0n) is 9.94. The molecule has 0 amide bonds. The summed E-state index contributed by atoms with van der Waals surface area (Å²) >= 11 is 3.47. The molecule has 3 nitrogen and oxygen atoms in total. The first kappa shape index (κ1) is 12.8. The molecule has 0 radical (unpaired) electrons. The van der Waals surface area contributed by atoms with E-state index in [1.165, 1.54) is 11.6 Å². The van der Waals surface area contributed by atoms with Crippen molar-refractivity contribution < 1.29 is 10.2 Å². The lowest BCUT2D eigenvalue weighted by Crippen LogP contribution is -1.99. The minimum Gasteiger partial charge on any atom is -0.508 e. The summed E-state index contributed by atoms with van der Waals surface area (Å²) in [5, 5.41) is 22.1. The third kappa shape index (κ3) is 2.96. The molecule has 2 aromatic rings. The number of halogens is 1. The maximum Gasteiger partial charge on any atom is 0.124 e. The summed E-state index contributed by atoms with van der Waals surface area (Å²) in [4.78, 5) is 0. The van der Waals surface area contributed by atoms with Crippen LogP contribution in [0.2, 0.25) is 0 Å². The minimum atomic E-state index is 0.0642. The number of rotatable bonds is 3. The van der Waals surface area contributed by atoms with Crippen molar-refractivity contribution in [1.82, 2.24) is 0 Å². The summed E-state index contributed by atoms with van der Waals surface area (Å²) in [5.41, 5.74) is 2.89. The van der Waals surface area contributed by atoms with Gasteiger partial charge in [-0.2, -0.15) is 0 Å². The van der Waals surface area contributed by atoms with Gasteiger partial charge in [0.1, 0.15) is 11.5 Å². The Hall–Kier alpha value is -1.68. The molecule has 0 aromatic heterocycles. The van der Waals surface area contributed by atoms with Crippen LogP contribution in [0.25, 0.3) is 0 Å². The van der Waals surface area contributed by atoms with Crippen LogP contribution in [-0.4, -0.2) is 10.2 Å². The summed E-state index contributed by atoms with van der Waals surface area (Å²) in [6.45, 7) is 2.53. The summed E-state index contributed by atoms with van der Waals surface area (Å²) in [6, 6.07) is 10.6. The van der Waals surface area contributed by atoms with Gasteiger partial charge in [-0.25, -0.2) is 0 Å². The van der Waals surface area contributed by atoms with Gasteiger partial charge in [0.15, 0.2) is 0 Å². The van der Waals surface area contributed by atoms with E-state index in [0.717, 1.165) is 15.7 Å². The first-order valence-electron chi connectivity index (χ1n) is 5.57. The fourth-order valence-electron chi connectivity index (χ4n) is 1.60. The normalized spacial score (nSPS) is 10.3. The lowest BCUT2D eigenvalue weighted by Gasteiger charge is -2.09. The number of hydrogen-bond acceptors (Lipinski definition) is 3. The number of phenols is 2. The molecule has 18 heavy (non-hydrogen) atoms. The highest BCUT2D eigenvalue weighted by atomic mass is 79.9. The number of aromatic hydroxyl groups is 2. The molecular formula is C14H14BrNO2. The van der Waals surface area contributed by atoms with Crippen molar-refractivity contribution in [2.75, 3.05) is 5.32 Å². The van der Waals surface area contributed by atoms with Crippen molar-refractivity contribution in [2.45, 2.75) is 13.5 Å². The summed E-state index contributed by atoms with van der Waals surface area (Å²) in [6.07, 6.45) is 0. The molecule has 2 rings (SSSR count). The zero-order chi connectivity index (χ0) is 13.1. The minimum absolute atomic E-state index is 0.0642. The predicted octanol–water partition coefficient (Wildman–Crippen LogP) is 3.78. The van der Waals surface area contributed by atoms with Crippen LogP contribution < -0.4 is 5.32 Å². The Kier molecular flexibility index (Phi) is 3.77. The number of benzene rings is 2. The standard InChI is InChI=1S/C14H14BrNO2/c1-9-2-4-11(6-13(9)15)16-8-10-3-5-12(17)7-14(10)18/h2-7,16-18H,8H2,1H3. The van der Waals surface area contributed by atoms with Crippen LogP contribution in [0.3, 0.4) is 0 Å². The highest BCUT2D eigenvalue weighted by Gasteiger charge is 2.03. The third-order valence-corrected chi connectivity index (χ3v) is 3.58. The third-order valence-electron chi connectivity index (χ3n) is 2.72. The topological polar surface area (TPSA) is 52.5 Å². The monoisotopic (exact) mass is 307 g/mol. The maximum absolute atomic E-state index is 9.66. The van der Waals surface area contributed by atoms with Crippen LogP contribution in [-0.2, 0) is 6.54 Å². The van der Waals surface area contributed by atoms with E-state index < -0.39 is 0 Å². The molecular weight excluding hydrogens is 294 g/mol. The van der Waals surface area contributed by atoms with Crippen LogP contribution in [0.5, 0.6) is 11.5 Å². The van der Waals surface area contributed by atoms with Crippen molar-refractivity contribution in [1.29, 1.82) is 0 Å². The number of nitrogens with one attached hydrogen (secondary N) is 1. The molecule has 0 saturated carbocycles. The van der Waals surface area contributed by atoms with E-state index in [0.29, 0.717) is 6.54 Å². The molecule has 0 aliphatic heterocycles. The fourth-order valence-corrected chi connectivity index (χ4v) is 1.98. The summed E-state index contributed by atoms with van der Waals surface area (Å²) in [5.74, 6) is 0.156. The van der Waals surface area contributed by atoms with Gasteiger partial charge in [0, 0.05) is 28.3 Å². The van der Waals surface area contributed by atoms with Crippen molar-refractivity contribution in [3.8, 4) is 11.5 Å². The molecule has 0 aliphatic carbocycles. The van der Waals surface area contributed by atoms with Gasteiger partial charge in [0.05, 0.1) is 0 Å². The Balaban J connectivity index is 2.09. The first-order valence-corrected chi connectivity index (χ1v) is 6.36. The lowest BCUT2D eigenvalue weighted by molar-refractivity contribution is 0.446. The Morgan fingerprint density at radius 2 is 1.89 bits per heavy atom. The first-order chi connectivity index (χ1) is 8.56. The predicted molar refractivity (Wildman–Crippen MR) is 76.0 cm³/mol. The van der Waals surface area contributed by atoms with E-state index in [9.17, 15) is 10.2 Å². The Morgan fingerprint density at radius 1 is 1.11 bits per heavy atom. The van der Waals surface area contributed by atoms with Gasteiger partial charge in [0.25, 0.3) is 0 Å². The van der Waals surface area contributed by atoms with Crippen LogP contribution in [0.15, 0.2) is 40.9 Å². The number of aryl methyl sites for hydroxylation is 1. The van der Waals surface area contributed by atoms with Crippen molar-refractivity contribution in [2.24, 2.45) is 0 Å². The van der Waals surface area contributed by atoms with Gasteiger partial charge in [-0.1, -0.05) is 22.0 Å². The van der Waals surface area contributed by atoms with Crippen LogP contribution in [0.4, 0.5) is 5.69 Å². The van der Waals surface area contributed by atoms with E-state index in [1.807, 2.05) is 25.1 Å². The fraction of sp³-hybridized carbons (Fsp3) is 0.143. The van der Waals surface area contributed by atoms with Gasteiger partial charge < -0.3 is 15.5 Å². The van der Waals surface area contributed by atoms with Gasteiger partial charge in [-0.3, -0.25) is 0 Å². The maximum atomic E-state index is 9.66. The zero-order valence-corrected chi connectivity index (χ0v) is 11.5. The van der Waals surface area contributed by atoms with Crippen LogP contribution in [0, 0.1) is 6.92 Å². The molecule has 0 spiro atoms. The second-order valence-electron chi connectivity index (χ2n) is 4.13. The quantitative estimate of drug-likeness (QED) is 0.809. The Morgan fingerprint density at radius 3 is 2.56 bits per heavy atom. The van der Waals surface area contributed by atoms with Gasteiger partial charge in [-0.05, 0) is 36.8 Å². The highest BCUT2D eigenvalue weighted by Crippen LogP contribution is 2.25. The molecule has 0 fully saturated rings. The molecule has 0 unspecified atom stereocenters. The van der Waals surface area contributed by atoms with E-state index in [-0.39, 0.29) is 11.5 Å². The lowest BCUT2D eigenvalue weighted by atomic mass is 10.1. The average Bonchev–Trinajstić information content (AvgIpc) is 2.32. The number of phenolic OH excluding ortho intramolecular Hbond substituents is 2. The molecule has 2 aromatic carbocycles. The smallest absolute Gasteiger partial charge is 0.124 e. The Labute approximate surface area is 114 Å². The summed E-state index contributed by atoms with van der Waals surface area (Å²) in [7, 11) is 0. The molecule has 0 atom stereocenters. The number of hydrogen-bond donors (Lipinski definition) is 3. The molecule has 0 bridgehead atoms. The Bertz CT molecular complexity index is 570. The van der Waals surface area contributed by atoms with Gasteiger partial charge in [0.2, 0.25) is 0 Å². The summed E-state index contributed by atoms with van der Waals surface area (Å²) < 4.78 is 1.04. The van der Waals surface area contributed by atoms with E-state index in [4.69, 9.17) is 0 Å². The SMILES string of the molecule is Cc1ccc(NCc2ccc(O)cc2O)cc1Br. The van der Waals surface area contributed by atoms with E-state index in [1.54, 1.807) is 12.1 Å². The van der Waals surface area contributed by atoms with Crippen LogP contribution in [0.1, 0.15) is 11.1 Å². The molecule has 0 saturated heterocycles. The van der Waals surface area contributed by atoms with Crippen molar-refractivity contribution in [3.05, 3.63) is 52.0 Å². The molecule has 0 aliphatic rings. The van der Waals surface area contributed by atoms with Gasteiger partial charge in [-0.15, -0.1) is 0 Å². The molecule has 0 heterocycles. The second-order valence-corrected chi connectivity index (χ2v) is 4.98. The number of anilines is 1. The molecule has 3 N–H and O–H groups in total. The van der Waals surface area contributed by atoms with Crippen molar-refractivity contribution >= 4 is 21.6 Å². The van der Waals surface area contributed by atoms with Crippen LogP contribution >= 0.6 is 15.9 Å². The second kappa shape index (κ2) is 5.31. The average molecular weight is 308 g/mol. The van der Waals surface area contributed by atoms with Crippen molar-refractivity contribution in [3.63, 3.8) is 0 Å². The van der Waals surface area contributed by atoms with E-state index in [2.05, 4.69) is 21.2 Å². The van der Waals surface area contributed by atoms with Gasteiger partial charge >= 0.3 is 0 Å². The molecule has 94 valence electrons.